The van der Waals surface area contributed by atoms with Gasteiger partial charge in [0.15, 0.2) is 0 Å². The van der Waals surface area contributed by atoms with E-state index in [9.17, 15) is 4.79 Å². The van der Waals surface area contributed by atoms with Crippen molar-refractivity contribution in [3.05, 3.63) is 35.9 Å². The fraction of sp³-hybridized carbons (Fsp3) is 0.611. The van der Waals surface area contributed by atoms with Gasteiger partial charge in [-0.25, -0.2) is 4.79 Å². The van der Waals surface area contributed by atoms with Gasteiger partial charge in [0.2, 0.25) is 0 Å². The van der Waals surface area contributed by atoms with Gasteiger partial charge < -0.3 is 9.64 Å². The van der Waals surface area contributed by atoms with Crippen LogP contribution in [-0.2, 0) is 11.3 Å². The predicted octanol–water partition coefficient (Wildman–Crippen LogP) is 3.13. The summed E-state index contributed by atoms with van der Waals surface area (Å²) in [7, 11) is 1.88. The first-order valence-corrected chi connectivity index (χ1v) is 8.38. The Morgan fingerprint density at radius 3 is 2.50 bits per heavy atom. The Morgan fingerprint density at radius 2 is 1.86 bits per heavy atom. The molecule has 2 aliphatic rings. The molecule has 120 valence electrons. The SMILES string of the molecule is CN(C(=O)OCC1CC1)C1CCN(Cc2ccccc2)CC1. The van der Waals surface area contributed by atoms with Crippen LogP contribution in [0, 0.1) is 5.92 Å². The number of rotatable bonds is 5. The molecule has 3 rings (SSSR count). The van der Waals surface area contributed by atoms with E-state index in [1.807, 2.05) is 11.9 Å². The molecule has 0 spiro atoms. The van der Waals surface area contributed by atoms with E-state index in [0.717, 1.165) is 32.5 Å². The molecule has 4 nitrogen and oxygen atoms in total. The van der Waals surface area contributed by atoms with Gasteiger partial charge in [-0.3, -0.25) is 4.90 Å². The van der Waals surface area contributed by atoms with E-state index in [0.29, 0.717) is 18.6 Å². The monoisotopic (exact) mass is 302 g/mol. The van der Waals surface area contributed by atoms with Crippen molar-refractivity contribution in [2.75, 3.05) is 26.7 Å². The molecule has 0 atom stereocenters. The van der Waals surface area contributed by atoms with Crippen molar-refractivity contribution in [3.8, 4) is 0 Å². The maximum absolute atomic E-state index is 12.0. The molecule has 4 heteroatoms. The highest BCUT2D eigenvalue weighted by molar-refractivity contribution is 5.67. The number of likely N-dealkylation sites (tertiary alicyclic amines) is 1. The van der Waals surface area contributed by atoms with Crippen LogP contribution in [0.2, 0.25) is 0 Å². The molecule has 22 heavy (non-hydrogen) atoms. The van der Waals surface area contributed by atoms with Crippen molar-refractivity contribution in [1.29, 1.82) is 0 Å². The summed E-state index contributed by atoms with van der Waals surface area (Å²) < 4.78 is 5.38. The molecule has 1 aliphatic heterocycles. The van der Waals surface area contributed by atoms with Crippen LogP contribution in [-0.4, -0.2) is 48.7 Å². The molecule has 1 saturated heterocycles. The van der Waals surface area contributed by atoms with Crippen LogP contribution in [0.1, 0.15) is 31.2 Å². The Morgan fingerprint density at radius 1 is 1.18 bits per heavy atom. The number of amides is 1. The number of hydrogen-bond donors (Lipinski definition) is 0. The minimum absolute atomic E-state index is 0.145. The molecule has 0 unspecified atom stereocenters. The largest absolute Gasteiger partial charge is 0.449 e. The van der Waals surface area contributed by atoms with Crippen molar-refractivity contribution in [2.45, 2.75) is 38.3 Å². The zero-order valence-corrected chi connectivity index (χ0v) is 13.4. The lowest BCUT2D eigenvalue weighted by Gasteiger charge is -2.36. The quantitative estimate of drug-likeness (QED) is 0.838. The van der Waals surface area contributed by atoms with Crippen LogP contribution in [0.4, 0.5) is 4.79 Å². The average molecular weight is 302 g/mol. The first-order chi connectivity index (χ1) is 10.7. The molecular formula is C18H26N2O2. The van der Waals surface area contributed by atoms with Gasteiger partial charge in [-0.1, -0.05) is 30.3 Å². The first-order valence-electron chi connectivity index (χ1n) is 8.38. The van der Waals surface area contributed by atoms with Gasteiger partial charge in [-0.05, 0) is 37.2 Å². The number of carbonyl (C=O) groups excluding carboxylic acids is 1. The number of carbonyl (C=O) groups is 1. The van der Waals surface area contributed by atoms with E-state index >= 15 is 0 Å². The lowest BCUT2D eigenvalue weighted by atomic mass is 10.0. The summed E-state index contributed by atoms with van der Waals surface area (Å²) in [6.45, 7) is 3.69. The van der Waals surface area contributed by atoms with Gasteiger partial charge in [0.25, 0.3) is 0 Å². The van der Waals surface area contributed by atoms with Crippen molar-refractivity contribution >= 4 is 6.09 Å². The smallest absolute Gasteiger partial charge is 0.409 e. The maximum Gasteiger partial charge on any atom is 0.409 e. The third-order valence-corrected chi connectivity index (χ3v) is 4.78. The highest BCUT2D eigenvalue weighted by Crippen LogP contribution is 2.29. The lowest BCUT2D eigenvalue weighted by molar-refractivity contribution is 0.0729. The molecule has 1 saturated carbocycles. The Labute approximate surface area is 133 Å². The molecular weight excluding hydrogens is 276 g/mol. The van der Waals surface area contributed by atoms with Gasteiger partial charge in [0, 0.05) is 32.7 Å². The molecule has 1 amide bonds. The van der Waals surface area contributed by atoms with E-state index in [1.54, 1.807) is 0 Å². The van der Waals surface area contributed by atoms with Gasteiger partial charge in [0.05, 0.1) is 6.61 Å². The number of nitrogens with zero attached hydrogens (tertiary/aromatic N) is 2. The third kappa shape index (κ3) is 4.23. The van der Waals surface area contributed by atoms with Gasteiger partial charge in [-0.2, -0.15) is 0 Å². The van der Waals surface area contributed by atoms with Gasteiger partial charge in [0.1, 0.15) is 0 Å². The third-order valence-electron chi connectivity index (χ3n) is 4.78. The summed E-state index contributed by atoms with van der Waals surface area (Å²) in [5.41, 5.74) is 1.36. The summed E-state index contributed by atoms with van der Waals surface area (Å²) in [5.74, 6) is 0.630. The molecule has 0 radical (unpaired) electrons. The summed E-state index contributed by atoms with van der Waals surface area (Å²) in [4.78, 5) is 16.3. The van der Waals surface area contributed by atoms with Crippen molar-refractivity contribution in [2.24, 2.45) is 5.92 Å². The average Bonchev–Trinajstić information content (AvgIpc) is 3.38. The van der Waals surface area contributed by atoms with E-state index in [4.69, 9.17) is 4.74 Å². The topological polar surface area (TPSA) is 32.8 Å². The lowest BCUT2D eigenvalue weighted by Crippen LogP contribution is -2.45. The Bertz CT molecular complexity index is 479. The highest BCUT2D eigenvalue weighted by Gasteiger charge is 2.28. The second kappa shape index (κ2) is 7.14. The summed E-state index contributed by atoms with van der Waals surface area (Å²) in [5, 5.41) is 0. The summed E-state index contributed by atoms with van der Waals surface area (Å²) in [6.07, 6.45) is 4.35. The van der Waals surface area contributed by atoms with Crippen LogP contribution in [0.25, 0.3) is 0 Å². The predicted molar refractivity (Wildman–Crippen MR) is 86.6 cm³/mol. The fourth-order valence-electron chi connectivity index (χ4n) is 3.03. The number of piperidine rings is 1. The minimum atomic E-state index is -0.145. The van der Waals surface area contributed by atoms with Crippen LogP contribution in [0.15, 0.2) is 30.3 Å². The Balaban J connectivity index is 1.41. The zero-order chi connectivity index (χ0) is 15.4. The molecule has 0 aromatic heterocycles. The summed E-state index contributed by atoms with van der Waals surface area (Å²) in [6, 6.07) is 10.9. The van der Waals surface area contributed by atoms with E-state index in [-0.39, 0.29) is 6.09 Å². The normalized spacial score (nSPS) is 19.9. The zero-order valence-electron chi connectivity index (χ0n) is 13.4. The fourth-order valence-corrected chi connectivity index (χ4v) is 3.03. The van der Waals surface area contributed by atoms with Crippen molar-refractivity contribution in [3.63, 3.8) is 0 Å². The maximum atomic E-state index is 12.0. The highest BCUT2D eigenvalue weighted by atomic mass is 16.6. The van der Waals surface area contributed by atoms with Crippen LogP contribution >= 0.6 is 0 Å². The first kappa shape index (κ1) is 15.3. The van der Waals surface area contributed by atoms with Crippen LogP contribution in [0.3, 0.4) is 0 Å². The van der Waals surface area contributed by atoms with Gasteiger partial charge in [-0.15, -0.1) is 0 Å². The molecule has 1 aromatic rings. The second-order valence-electron chi connectivity index (χ2n) is 6.62. The second-order valence-corrected chi connectivity index (χ2v) is 6.62. The number of benzene rings is 1. The van der Waals surface area contributed by atoms with Crippen molar-refractivity contribution < 1.29 is 9.53 Å². The number of hydrogen-bond acceptors (Lipinski definition) is 3. The summed E-state index contributed by atoms with van der Waals surface area (Å²) >= 11 is 0. The number of ether oxygens (including phenoxy) is 1. The Hall–Kier alpha value is -1.55. The molecule has 1 aromatic carbocycles. The van der Waals surface area contributed by atoms with Crippen molar-refractivity contribution in [1.82, 2.24) is 9.80 Å². The van der Waals surface area contributed by atoms with E-state index in [2.05, 4.69) is 35.2 Å². The van der Waals surface area contributed by atoms with E-state index in [1.165, 1.54) is 18.4 Å². The Kier molecular flexibility index (Phi) is 4.98. The molecule has 2 fully saturated rings. The minimum Gasteiger partial charge on any atom is -0.449 e. The van der Waals surface area contributed by atoms with Crippen LogP contribution in [0.5, 0.6) is 0 Å². The van der Waals surface area contributed by atoms with E-state index < -0.39 is 0 Å². The van der Waals surface area contributed by atoms with Gasteiger partial charge >= 0.3 is 6.09 Å². The molecule has 0 N–H and O–H groups in total. The standard InChI is InChI=1S/C18H26N2O2/c1-19(18(21)22-14-16-7-8-16)17-9-11-20(12-10-17)13-15-5-3-2-4-6-15/h2-6,16-17H,7-14H2,1H3. The molecule has 1 heterocycles. The molecule has 0 bridgehead atoms. The molecule has 1 aliphatic carbocycles. The van der Waals surface area contributed by atoms with Crippen LogP contribution < -0.4 is 0 Å².